The molecule has 1 heteroatoms. The maximum Gasteiger partial charge on any atom is 0.0468 e. The van der Waals surface area contributed by atoms with Gasteiger partial charge in [-0.1, -0.05) is 254 Å². The first-order valence-corrected chi connectivity index (χ1v) is 30.7. The lowest BCUT2D eigenvalue weighted by molar-refractivity contribution is 0.414. The van der Waals surface area contributed by atoms with Gasteiger partial charge < -0.3 is 4.90 Å². The molecular formula is C80H77N. The van der Waals surface area contributed by atoms with Crippen molar-refractivity contribution in [2.24, 2.45) is 0 Å². The molecule has 11 aromatic carbocycles. The van der Waals surface area contributed by atoms with Crippen molar-refractivity contribution in [2.45, 2.75) is 129 Å². The summed E-state index contributed by atoms with van der Waals surface area (Å²) in [6.45, 7) is 14.0. The van der Waals surface area contributed by atoms with Gasteiger partial charge in [0.05, 0.1) is 0 Å². The molecule has 0 amide bonds. The van der Waals surface area contributed by atoms with E-state index in [0.29, 0.717) is 0 Å². The van der Waals surface area contributed by atoms with Crippen LogP contribution in [0.25, 0.3) is 88.0 Å². The largest absolute Gasteiger partial charge is 0.310 e. The molecule has 0 bridgehead atoms. The Hall–Kier alpha value is -8.00. The zero-order valence-corrected chi connectivity index (χ0v) is 48.6. The lowest BCUT2D eigenvalue weighted by atomic mass is 9.70. The second-order valence-corrected chi connectivity index (χ2v) is 24.0. The van der Waals surface area contributed by atoms with Crippen LogP contribution in [0.4, 0.5) is 17.1 Å². The molecule has 0 aliphatic heterocycles. The first-order valence-electron chi connectivity index (χ1n) is 30.7. The second-order valence-electron chi connectivity index (χ2n) is 24.0. The SMILES string of the molecule is CCCCC1(CCCC)c2cc(C)ccc2-c2ccc(N(c3ccc4c(c3)C(CCCC)(CCCC)c3cc(C)ccc3-4)c3ccc4cc(-c5c6ccccc6c(-c6cccc(-c7ccccc7)c6)c6ccccc56)ccc4c3)cc21. The summed E-state index contributed by atoms with van der Waals surface area (Å²) >= 11 is 0. The van der Waals surface area contributed by atoms with Gasteiger partial charge in [0, 0.05) is 27.9 Å². The third kappa shape index (κ3) is 9.00. The van der Waals surface area contributed by atoms with Crippen molar-refractivity contribution in [3.05, 3.63) is 246 Å². The number of hydrogen-bond donors (Lipinski definition) is 0. The second kappa shape index (κ2) is 21.8. The van der Waals surface area contributed by atoms with Gasteiger partial charge in [0.25, 0.3) is 0 Å². The van der Waals surface area contributed by atoms with E-state index in [4.69, 9.17) is 0 Å². The quantitative estimate of drug-likeness (QED) is 0.0774. The maximum atomic E-state index is 2.63. The Kier molecular flexibility index (Phi) is 14.1. The van der Waals surface area contributed by atoms with Crippen LogP contribution in [0.5, 0.6) is 0 Å². The summed E-state index contributed by atoms with van der Waals surface area (Å²) in [5.74, 6) is 0. The molecule has 0 saturated carbocycles. The molecule has 0 atom stereocenters. The molecule has 0 radical (unpaired) electrons. The highest BCUT2D eigenvalue weighted by Gasteiger charge is 2.44. The van der Waals surface area contributed by atoms with Gasteiger partial charge in [-0.05, 0) is 198 Å². The molecule has 402 valence electrons. The van der Waals surface area contributed by atoms with Crippen LogP contribution in [0.1, 0.15) is 138 Å². The minimum absolute atomic E-state index is 0.0319. The van der Waals surface area contributed by atoms with E-state index in [1.165, 1.54) is 179 Å². The number of rotatable bonds is 18. The summed E-state index contributed by atoms with van der Waals surface area (Å²) in [5.41, 5.74) is 25.6. The fraction of sp³-hybridized carbons (Fsp3) is 0.250. The summed E-state index contributed by atoms with van der Waals surface area (Å²) < 4.78 is 0. The van der Waals surface area contributed by atoms with Gasteiger partial charge in [-0.3, -0.25) is 0 Å². The van der Waals surface area contributed by atoms with Gasteiger partial charge in [0.1, 0.15) is 0 Å². The molecule has 0 heterocycles. The van der Waals surface area contributed by atoms with Crippen LogP contribution in [0, 0.1) is 13.8 Å². The Bertz CT molecular complexity index is 3960. The van der Waals surface area contributed by atoms with E-state index in [1.807, 2.05) is 0 Å². The average Bonchev–Trinajstić information content (AvgIpc) is 4.19. The maximum absolute atomic E-state index is 2.63. The van der Waals surface area contributed by atoms with Gasteiger partial charge >= 0.3 is 0 Å². The molecule has 0 N–H and O–H groups in total. The Morgan fingerprint density at radius 3 is 1.15 bits per heavy atom. The van der Waals surface area contributed by atoms with Crippen LogP contribution >= 0.6 is 0 Å². The lowest BCUT2D eigenvalue weighted by Gasteiger charge is -2.35. The molecule has 0 spiro atoms. The molecule has 11 aromatic rings. The molecule has 0 fully saturated rings. The normalized spacial score (nSPS) is 13.6. The van der Waals surface area contributed by atoms with Crippen LogP contribution in [-0.2, 0) is 10.8 Å². The van der Waals surface area contributed by atoms with E-state index in [2.05, 4.69) is 259 Å². The third-order valence-electron chi connectivity index (χ3n) is 18.9. The van der Waals surface area contributed by atoms with Crippen molar-refractivity contribution in [3.63, 3.8) is 0 Å². The number of nitrogens with zero attached hydrogens (tertiary/aromatic N) is 1. The minimum Gasteiger partial charge on any atom is -0.310 e. The van der Waals surface area contributed by atoms with Gasteiger partial charge in [0.15, 0.2) is 0 Å². The molecule has 1 nitrogen and oxygen atoms in total. The standard InChI is InChI=1S/C80H77N/c1-7-11-43-79(44-12-8-2)73-47-54(5)31-39-65(73)67-41-37-63(52-75(67)79)81(64-38-42-68-66-40-32-55(6)48-74(66)80(45-13-9-3,46-14-10-4)76(68)53-64)62-36-35-58-50-61(34-33-59(58)51-62)78-71-29-20-18-27-69(71)77(70-28-19-21-30-72(70)78)60-26-22-25-57(49-60)56-23-16-15-17-24-56/h15-42,47-53H,7-14,43-46H2,1-6H3. The predicted molar refractivity (Wildman–Crippen MR) is 350 cm³/mol. The predicted octanol–water partition coefficient (Wildman–Crippen LogP) is 23.5. The number of hydrogen-bond acceptors (Lipinski definition) is 1. The Morgan fingerprint density at radius 1 is 0.296 bits per heavy atom. The van der Waals surface area contributed by atoms with Crippen molar-refractivity contribution >= 4 is 49.4 Å². The monoisotopic (exact) mass is 1050 g/mol. The van der Waals surface area contributed by atoms with E-state index in [0.717, 1.165) is 25.7 Å². The number of aryl methyl sites for hydroxylation is 2. The number of anilines is 3. The van der Waals surface area contributed by atoms with Crippen molar-refractivity contribution in [3.8, 4) is 55.6 Å². The molecule has 2 aliphatic rings. The molecule has 0 unspecified atom stereocenters. The zero-order chi connectivity index (χ0) is 55.2. The molecular weight excluding hydrogens is 975 g/mol. The van der Waals surface area contributed by atoms with Gasteiger partial charge in [-0.15, -0.1) is 0 Å². The summed E-state index contributed by atoms with van der Waals surface area (Å²) in [4.78, 5) is 2.62. The topological polar surface area (TPSA) is 3.24 Å². The third-order valence-corrected chi connectivity index (χ3v) is 18.9. The van der Waals surface area contributed by atoms with Crippen LogP contribution in [0.2, 0.25) is 0 Å². The zero-order valence-electron chi connectivity index (χ0n) is 48.6. The van der Waals surface area contributed by atoms with Crippen molar-refractivity contribution in [2.75, 3.05) is 4.90 Å². The summed E-state index contributed by atoms with van der Waals surface area (Å²) in [7, 11) is 0. The van der Waals surface area contributed by atoms with E-state index < -0.39 is 0 Å². The fourth-order valence-electron chi connectivity index (χ4n) is 14.9. The summed E-state index contributed by atoms with van der Waals surface area (Å²) in [5, 5.41) is 7.54. The molecule has 81 heavy (non-hydrogen) atoms. The van der Waals surface area contributed by atoms with Gasteiger partial charge in [0.2, 0.25) is 0 Å². The van der Waals surface area contributed by atoms with Crippen LogP contribution in [0.3, 0.4) is 0 Å². The van der Waals surface area contributed by atoms with E-state index >= 15 is 0 Å². The Balaban J connectivity index is 0.987. The number of unbranched alkanes of at least 4 members (excludes halogenated alkanes) is 4. The smallest absolute Gasteiger partial charge is 0.0468 e. The first kappa shape index (κ1) is 52.4. The van der Waals surface area contributed by atoms with Crippen LogP contribution < -0.4 is 4.90 Å². The van der Waals surface area contributed by atoms with Crippen molar-refractivity contribution in [1.82, 2.24) is 0 Å². The van der Waals surface area contributed by atoms with Gasteiger partial charge in [-0.25, -0.2) is 0 Å². The first-order chi connectivity index (χ1) is 39.8. The highest BCUT2D eigenvalue weighted by molar-refractivity contribution is 6.22. The minimum atomic E-state index is -0.0319. The van der Waals surface area contributed by atoms with E-state index in [-0.39, 0.29) is 10.8 Å². The molecule has 13 rings (SSSR count). The van der Waals surface area contributed by atoms with E-state index in [1.54, 1.807) is 11.1 Å². The highest BCUT2D eigenvalue weighted by atomic mass is 15.1. The lowest BCUT2D eigenvalue weighted by Crippen LogP contribution is -2.26. The molecule has 0 aromatic heterocycles. The van der Waals surface area contributed by atoms with E-state index in [9.17, 15) is 0 Å². The highest BCUT2D eigenvalue weighted by Crippen LogP contribution is 2.58. The molecule has 2 aliphatic carbocycles. The van der Waals surface area contributed by atoms with Crippen LogP contribution in [0.15, 0.2) is 212 Å². The average molecular weight is 1050 g/mol. The van der Waals surface area contributed by atoms with Crippen LogP contribution in [-0.4, -0.2) is 0 Å². The molecule has 0 saturated heterocycles. The van der Waals surface area contributed by atoms with Crippen molar-refractivity contribution < 1.29 is 0 Å². The van der Waals surface area contributed by atoms with Crippen molar-refractivity contribution in [1.29, 1.82) is 0 Å². The summed E-state index contributed by atoms with van der Waals surface area (Å²) in [6, 6.07) is 82.2. The number of fused-ring (bicyclic) bond motifs is 9. The fourth-order valence-corrected chi connectivity index (χ4v) is 14.9. The Labute approximate surface area is 482 Å². The number of benzene rings is 11. The van der Waals surface area contributed by atoms with Gasteiger partial charge in [-0.2, -0.15) is 0 Å². The Morgan fingerprint density at radius 2 is 0.667 bits per heavy atom. The summed E-state index contributed by atoms with van der Waals surface area (Å²) in [6.07, 6.45) is 14.2.